The number of aromatic nitrogens is 4. The number of furan rings is 2. The highest BCUT2D eigenvalue weighted by Crippen LogP contribution is 2.43. The van der Waals surface area contributed by atoms with Gasteiger partial charge >= 0.3 is 0 Å². The first kappa shape index (κ1) is 28.1. The number of hydrogen-bond donors (Lipinski definition) is 0. The summed E-state index contributed by atoms with van der Waals surface area (Å²) in [5.74, 6) is 1.70. The Balaban J connectivity index is 1.20. The third-order valence-corrected chi connectivity index (χ3v) is 9.24. The Morgan fingerprint density at radius 1 is 0.380 bits per heavy atom. The molecule has 0 spiro atoms. The summed E-state index contributed by atoms with van der Waals surface area (Å²) in [5, 5.41) is 4.20. The van der Waals surface area contributed by atoms with Crippen molar-refractivity contribution >= 4 is 43.9 Å². The molecule has 0 saturated heterocycles. The van der Waals surface area contributed by atoms with Crippen LogP contribution in [0.3, 0.4) is 0 Å². The number of rotatable bonds is 5. The van der Waals surface area contributed by atoms with Gasteiger partial charge in [0.05, 0.1) is 5.56 Å². The lowest BCUT2D eigenvalue weighted by molar-refractivity contribution is 0.669. The molecule has 10 rings (SSSR count). The summed E-state index contributed by atoms with van der Waals surface area (Å²) < 4.78 is 12.8. The van der Waals surface area contributed by atoms with E-state index in [1.165, 1.54) is 0 Å². The van der Waals surface area contributed by atoms with Crippen molar-refractivity contribution in [3.05, 3.63) is 158 Å². The molecule has 6 heteroatoms. The van der Waals surface area contributed by atoms with Crippen LogP contribution >= 0.6 is 0 Å². The standard InChI is InChI=1S/C44H26N4O2/c1-2-10-27(11-3-1)42-46-43(30-13-8-12-28(24-30)31-14-9-23-45-26-31)48-44(47-42)35-21-20-32(40-34-16-5-7-18-38(34)50-41(35)40)29-19-22-39-36(25-29)33-15-4-6-17-37(33)49-39/h1-26H. The minimum Gasteiger partial charge on any atom is -0.456 e. The molecule has 234 valence electrons. The van der Waals surface area contributed by atoms with Crippen molar-refractivity contribution < 1.29 is 8.83 Å². The molecule has 0 radical (unpaired) electrons. The molecule has 10 aromatic rings. The highest BCUT2D eigenvalue weighted by molar-refractivity contribution is 6.17. The summed E-state index contributed by atoms with van der Waals surface area (Å²) >= 11 is 0. The maximum atomic E-state index is 6.69. The predicted octanol–water partition coefficient (Wildman–Crippen LogP) is 11.4. The van der Waals surface area contributed by atoms with Crippen LogP contribution in [0.5, 0.6) is 0 Å². The lowest BCUT2D eigenvalue weighted by atomic mass is 9.95. The Labute approximate surface area is 286 Å². The highest BCUT2D eigenvalue weighted by Gasteiger charge is 2.21. The second-order valence-corrected chi connectivity index (χ2v) is 12.3. The Hall–Kier alpha value is -6.92. The fourth-order valence-electron chi connectivity index (χ4n) is 6.85. The van der Waals surface area contributed by atoms with Crippen LogP contribution in [0.15, 0.2) is 167 Å². The first-order valence-electron chi connectivity index (χ1n) is 16.5. The van der Waals surface area contributed by atoms with Crippen LogP contribution in [-0.4, -0.2) is 19.9 Å². The van der Waals surface area contributed by atoms with Gasteiger partial charge in [-0.3, -0.25) is 4.98 Å². The Bertz CT molecular complexity index is 2880. The molecule has 0 unspecified atom stereocenters. The number of para-hydroxylation sites is 2. The van der Waals surface area contributed by atoms with Crippen molar-refractivity contribution in [3.63, 3.8) is 0 Å². The number of nitrogens with zero attached hydrogens (tertiary/aromatic N) is 4. The van der Waals surface area contributed by atoms with Crippen LogP contribution in [0.25, 0.3) is 100 Å². The third kappa shape index (κ3) is 4.65. The zero-order chi connectivity index (χ0) is 33.0. The first-order valence-corrected chi connectivity index (χ1v) is 16.5. The number of fused-ring (bicyclic) bond motifs is 6. The maximum absolute atomic E-state index is 6.69. The lowest BCUT2D eigenvalue weighted by Crippen LogP contribution is -2.00. The first-order chi connectivity index (χ1) is 24.8. The number of pyridine rings is 1. The normalized spacial score (nSPS) is 11.6. The van der Waals surface area contributed by atoms with E-state index in [9.17, 15) is 0 Å². The van der Waals surface area contributed by atoms with E-state index in [4.69, 9.17) is 23.8 Å². The van der Waals surface area contributed by atoms with Gasteiger partial charge in [0.1, 0.15) is 22.3 Å². The zero-order valence-electron chi connectivity index (χ0n) is 26.6. The predicted molar refractivity (Wildman–Crippen MR) is 199 cm³/mol. The van der Waals surface area contributed by atoms with Gasteiger partial charge in [-0.25, -0.2) is 15.0 Å². The topological polar surface area (TPSA) is 77.8 Å². The molecule has 0 amide bonds. The minimum atomic E-state index is 0.535. The molecule has 0 aliphatic carbocycles. The van der Waals surface area contributed by atoms with Crippen LogP contribution in [-0.2, 0) is 0 Å². The van der Waals surface area contributed by atoms with Gasteiger partial charge in [-0.2, -0.15) is 0 Å². The zero-order valence-corrected chi connectivity index (χ0v) is 26.6. The van der Waals surface area contributed by atoms with E-state index in [0.29, 0.717) is 17.5 Å². The van der Waals surface area contributed by atoms with E-state index in [1.54, 1.807) is 6.20 Å². The van der Waals surface area contributed by atoms with Crippen LogP contribution in [0.1, 0.15) is 0 Å². The van der Waals surface area contributed by atoms with E-state index in [1.807, 2.05) is 97.2 Å². The van der Waals surface area contributed by atoms with Crippen molar-refractivity contribution in [1.82, 2.24) is 19.9 Å². The van der Waals surface area contributed by atoms with E-state index in [2.05, 4.69) is 59.6 Å². The Kier molecular flexibility index (Phi) is 6.39. The summed E-state index contributed by atoms with van der Waals surface area (Å²) in [4.78, 5) is 19.5. The minimum absolute atomic E-state index is 0.535. The van der Waals surface area contributed by atoms with Crippen molar-refractivity contribution in [3.8, 4) is 56.4 Å². The van der Waals surface area contributed by atoms with E-state index in [-0.39, 0.29) is 0 Å². The molecular formula is C44H26N4O2. The summed E-state index contributed by atoms with van der Waals surface area (Å²) in [7, 11) is 0. The maximum Gasteiger partial charge on any atom is 0.167 e. The van der Waals surface area contributed by atoms with Gasteiger partial charge in [0, 0.05) is 50.6 Å². The Morgan fingerprint density at radius 2 is 1.04 bits per heavy atom. The van der Waals surface area contributed by atoms with E-state index >= 15 is 0 Å². The summed E-state index contributed by atoms with van der Waals surface area (Å²) in [5.41, 5.74) is 10.0. The van der Waals surface area contributed by atoms with Crippen LogP contribution in [0.2, 0.25) is 0 Å². The van der Waals surface area contributed by atoms with Crippen molar-refractivity contribution in [1.29, 1.82) is 0 Å². The van der Waals surface area contributed by atoms with Gasteiger partial charge in [0.15, 0.2) is 17.5 Å². The van der Waals surface area contributed by atoms with Crippen molar-refractivity contribution in [2.45, 2.75) is 0 Å². The lowest BCUT2D eigenvalue weighted by Gasteiger charge is -2.11. The second-order valence-electron chi connectivity index (χ2n) is 12.3. The summed E-state index contributed by atoms with van der Waals surface area (Å²) in [6.07, 6.45) is 3.64. The fourth-order valence-corrected chi connectivity index (χ4v) is 6.85. The molecule has 4 aromatic heterocycles. The molecule has 0 fully saturated rings. The molecular weight excluding hydrogens is 617 g/mol. The van der Waals surface area contributed by atoms with Gasteiger partial charge in [-0.1, -0.05) is 103 Å². The molecule has 0 bridgehead atoms. The number of hydrogen-bond acceptors (Lipinski definition) is 6. The molecule has 0 aliphatic heterocycles. The SMILES string of the molecule is c1ccc(-c2nc(-c3cccc(-c4cccnc4)c3)nc(-c3ccc(-c4ccc5oc6ccccc6c5c4)c4c3oc3ccccc34)n2)cc1. The molecule has 0 aliphatic rings. The largest absolute Gasteiger partial charge is 0.456 e. The molecule has 6 nitrogen and oxygen atoms in total. The molecule has 50 heavy (non-hydrogen) atoms. The average molecular weight is 643 g/mol. The highest BCUT2D eigenvalue weighted by atomic mass is 16.3. The monoisotopic (exact) mass is 642 g/mol. The van der Waals surface area contributed by atoms with E-state index < -0.39 is 0 Å². The quantitative estimate of drug-likeness (QED) is 0.186. The van der Waals surface area contributed by atoms with Crippen LogP contribution < -0.4 is 0 Å². The van der Waals surface area contributed by atoms with Gasteiger partial charge in [-0.05, 0) is 59.2 Å². The average Bonchev–Trinajstić information content (AvgIpc) is 3.77. The molecule has 0 N–H and O–H groups in total. The second kappa shape index (κ2) is 11.4. The van der Waals surface area contributed by atoms with Gasteiger partial charge in [-0.15, -0.1) is 0 Å². The van der Waals surface area contributed by atoms with Crippen LogP contribution in [0, 0.1) is 0 Å². The summed E-state index contributed by atoms with van der Waals surface area (Å²) in [6, 6.07) is 49.1. The van der Waals surface area contributed by atoms with Gasteiger partial charge < -0.3 is 8.83 Å². The van der Waals surface area contributed by atoms with Gasteiger partial charge in [0.2, 0.25) is 0 Å². The number of benzene rings is 6. The van der Waals surface area contributed by atoms with E-state index in [0.717, 1.165) is 82.8 Å². The molecule has 4 heterocycles. The molecule has 6 aromatic carbocycles. The van der Waals surface area contributed by atoms with Crippen molar-refractivity contribution in [2.75, 3.05) is 0 Å². The Morgan fingerprint density at radius 3 is 1.88 bits per heavy atom. The fraction of sp³-hybridized carbons (Fsp3) is 0. The third-order valence-electron chi connectivity index (χ3n) is 9.24. The smallest absolute Gasteiger partial charge is 0.167 e. The molecule has 0 saturated carbocycles. The summed E-state index contributed by atoms with van der Waals surface area (Å²) in [6.45, 7) is 0. The van der Waals surface area contributed by atoms with Crippen LogP contribution in [0.4, 0.5) is 0 Å². The molecule has 0 atom stereocenters. The van der Waals surface area contributed by atoms with Crippen molar-refractivity contribution in [2.24, 2.45) is 0 Å². The van der Waals surface area contributed by atoms with Gasteiger partial charge in [0.25, 0.3) is 0 Å².